The smallest absolute Gasteiger partial charge is 0.293 e. The summed E-state index contributed by atoms with van der Waals surface area (Å²) in [7, 11) is 0. The fraction of sp³-hybridized carbons (Fsp3) is 0.0500. The number of phenols is 1. The van der Waals surface area contributed by atoms with E-state index in [9.17, 15) is 14.7 Å². The number of nitrogens with one attached hydrogen (secondary N) is 2. The Morgan fingerprint density at radius 3 is 2.74 bits per heavy atom. The number of para-hydroxylation sites is 1. The summed E-state index contributed by atoms with van der Waals surface area (Å²) >= 11 is 0. The van der Waals surface area contributed by atoms with Crippen LogP contribution in [0, 0.1) is 0 Å². The third-order valence-electron chi connectivity index (χ3n) is 4.56. The molecular formula is C20H18N10O4. The van der Waals surface area contributed by atoms with Crippen molar-refractivity contribution in [3.63, 3.8) is 0 Å². The van der Waals surface area contributed by atoms with Gasteiger partial charge in [-0.25, -0.2) is 10.1 Å². The van der Waals surface area contributed by atoms with Crippen LogP contribution in [0.5, 0.6) is 5.75 Å². The van der Waals surface area contributed by atoms with Crippen molar-refractivity contribution in [1.29, 1.82) is 0 Å². The minimum Gasteiger partial charge on any atom is -0.508 e. The Hall–Kier alpha value is -5.27. The molecule has 14 heteroatoms. The molecule has 2 aromatic heterocycles. The van der Waals surface area contributed by atoms with Gasteiger partial charge in [0.1, 0.15) is 5.75 Å². The van der Waals surface area contributed by atoms with E-state index in [1.165, 1.54) is 23.0 Å². The Labute approximate surface area is 191 Å². The molecule has 0 spiro atoms. The normalized spacial score (nSPS) is 10.9. The molecule has 0 fully saturated rings. The SMILES string of the molecule is NC(=O)c1ccccc1NCc1c(C(=O)N/N=C\c2cccc(O)c2)nnn1-c1nonc1N. The molecule has 2 amide bonds. The van der Waals surface area contributed by atoms with Crippen molar-refractivity contribution >= 4 is 29.5 Å². The molecule has 34 heavy (non-hydrogen) atoms. The molecule has 172 valence electrons. The van der Waals surface area contributed by atoms with E-state index in [-0.39, 0.29) is 40.9 Å². The van der Waals surface area contributed by atoms with Gasteiger partial charge in [-0.2, -0.15) is 9.78 Å². The van der Waals surface area contributed by atoms with Crippen molar-refractivity contribution < 1.29 is 19.3 Å². The first-order chi connectivity index (χ1) is 16.4. The van der Waals surface area contributed by atoms with Gasteiger partial charge in [0.05, 0.1) is 24.0 Å². The summed E-state index contributed by atoms with van der Waals surface area (Å²) in [6, 6.07) is 12.9. The molecule has 4 aromatic rings. The van der Waals surface area contributed by atoms with Crippen LogP contribution in [0.1, 0.15) is 32.1 Å². The molecule has 14 nitrogen and oxygen atoms in total. The summed E-state index contributed by atoms with van der Waals surface area (Å²) in [6.45, 7) is -0.0252. The highest BCUT2D eigenvalue weighted by atomic mass is 16.6. The zero-order valence-electron chi connectivity index (χ0n) is 17.4. The minimum absolute atomic E-state index is 0.0230. The second-order valence-corrected chi connectivity index (χ2v) is 6.83. The van der Waals surface area contributed by atoms with Gasteiger partial charge in [0.25, 0.3) is 11.8 Å². The molecule has 0 atom stereocenters. The van der Waals surface area contributed by atoms with Gasteiger partial charge in [-0.3, -0.25) is 9.59 Å². The van der Waals surface area contributed by atoms with Gasteiger partial charge in [-0.05, 0) is 40.1 Å². The lowest BCUT2D eigenvalue weighted by molar-refractivity contribution is 0.0947. The van der Waals surface area contributed by atoms with Crippen molar-refractivity contribution in [2.45, 2.75) is 6.54 Å². The molecule has 0 radical (unpaired) electrons. The minimum atomic E-state index is -0.683. The van der Waals surface area contributed by atoms with Gasteiger partial charge >= 0.3 is 0 Å². The van der Waals surface area contributed by atoms with E-state index in [0.29, 0.717) is 11.3 Å². The van der Waals surface area contributed by atoms with Crippen LogP contribution in [0.15, 0.2) is 58.3 Å². The highest BCUT2D eigenvalue weighted by Gasteiger charge is 2.24. The van der Waals surface area contributed by atoms with Gasteiger partial charge in [-0.15, -0.1) is 5.10 Å². The number of aromatic nitrogens is 5. The average molecular weight is 462 g/mol. The van der Waals surface area contributed by atoms with Crippen molar-refractivity contribution in [1.82, 2.24) is 30.7 Å². The summed E-state index contributed by atoms with van der Waals surface area (Å²) in [5.74, 6) is -1.30. The number of rotatable bonds is 8. The number of phenolic OH excluding ortho intramolecular Hbond substituents is 1. The predicted octanol–water partition coefficient (Wildman–Crippen LogP) is 0.413. The van der Waals surface area contributed by atoms with Crippen molar-refractivity contribution in [2.75, 3.05) is 11.1 Å². The molecule has 4 rings (SSSR count). The van der Waals surface area contributed by atoms with Crippen LogP contribution >= 0.6 is 0 Å². The zero-order valence-corrected chi connectivity index (χ0v) is 17.4. The molecule has 2 aromatic carbocycles. The molecule has 0 saturated carbocycles. The molecular weight excluding hydrogens is 444 g/mol. The van der Waals surface area contributed by atoms with Gasteiger partial charge in [0.2, 0.25) is 11.6 Å². The number of hydrogen-bond acceptors (Lipinski definition) is 11. The van der Waals surface area contributed by atoms with E-state index in [0.717, 1.165) is 0 Å². The summed E-state index contributed by atoms with van der Waals surface area (Å²) in [4.78, 5) is 24.5. The first-order valence-corrected chi connectivity index (χ1v) is 9.72. The zero-order chi connectivity index (χ0) is 24.1. The number of nitrogens with zero attached hydrogens (tertiary/aromatic N) is 6. The summed E-state index contributed by atoms with van der Waals surface area (Å²) in [5.41, 5.74) is 14.9. The molecule has 0 saturated heterocycles. The number of nitrogens with two attached hydrogens (primary N) is 2. The number of primary amides is 1. The van der Waals surface area contributed by atoms with Gasteiger partial charge in [0.15, 0.2) is 5.69 Å². The van der Waals surface area contributed by atoms with Crippen molar-refractivity contribution in [3.05, 3.63) is 71.0 Å². The van der Waals surface area contributed by atoms with Crippen LogP contribution in [-0.4, -0.2) is 48.4 Å². The molecule has 0 unspecified atom stereocenters. The number of benzene rings is 2. The number of amides is 2. The Kier molecular flexibility index (Phi) is 6.11. The van der Waals surface area contributed by atoms with Crippen LogP contribution in [0.25, 0.3) is 5.82 Å². The maximum atomic E-state index is 12.8. The molecule has 0 aliphatic carbocycles. The average Bonchev–Trinajstić information content (AvgIpc) is 3.43. The first-order valence-electron chi connectivity index (χ1n) is 9.72. The lowest BCUT2D eigenvalue weighted by Crippen LogP contribution is -2.22. The van der Waals surface area contributed by atoms with Crippen LogP contribution in [-0.2, 0) is 6.54 Å². The highest BCUT2D eigenvalue weighted by molar-refractivity contribution is 5.98. The Balaban J connectivity index is 1.61. The topological polar surface area (TPSA) is 212 Å². The second kappa shape index (κ2) is 9.47. The summed E-state index contributed by atoms with van der Waals surface area (Å²) in [5, 5.41) is 31.5. The van der Waals surface area contributed by atoms with E-state index in [2.05, 4.69) is 41.1 Å². The standard InChI is InChI=1S/C20H18N10O4/c21-17-19(28-34-27-17)30-15(10-23-14-7-2-1-6-13(14)18(22)32)16(25-29-30)20(33)26-24-9-11-4-3-5-12(31)8-11/h1-9,23,31H,10H2,(H2,21,27)(H2,22,32)(H,26,33)/b24-9-. The number of anilines is 2. The highest BCUT2D eigenvalue weighted by Crippen LogP contribution is 2.19. The van der Waals surface area contributed by atoms with E-state index in [4.69, 9.17) is 11.5 Å². The molecule has 0 aliphatic heterocycles. The van der Waals surface area contributed by atoms with Gasteiger partial charge in [-0.1, -0.05) is 29.5 Å². The predicted molar refractivity (Wildman–Crippen MR) is 119 cm³/mol. The first kappa shape index (κ1) is 21.9. The number of carbonyl (C=O) groups is 2. The largest absolute Gasteiger partial charge is 0.508 e. The van der Waals surface area contributed by atoms with E-state index < -0.39 is 11.8 Å². The fourth-order valence-electron chi connectivity index (χ4n) is 3.00. The van der Waals surface area contributed by atoms with E-state index in [1.807, 2.05) is 0 Å². The Morgan fingerprint density at radius 2 is 2.00 bits per heavy atom. The number of hydrogen-bond donors (Lipinski definition) is 5. The fourth-order valence-corrected chi connectivity index (χ4v) is 3.00. The van der Waals surface area contributed by atoms with Crippen LogP contribution in [0.2, 0.25) is 0 Å². The Bertz CT molecular complexity index is 1380. The Morgan fingerprint density at radius 1 is 1.18 bits per heavy atom. The lowest BCUT2D eigenvalue weighted by atomic mass is 10.1. The number of nitrogen functional groups attached to an aromatic ring is 1. The molecule has 2 heterocycles. The third kappa shape index (κ3) is 4.64. The third-order valence-corrected chi connectivity index (χ3v) is 4.56. The van der Waals surface area contributed by atoms with Crippen LogP contribution in [0.4, 0.5) is 11.5 Å². The van der Waals surface area contributed by atoms with Crippen LogP contribution in [0.3, 0.4) is 0 Å². The van der Waals surface area contributed by atoms with Gasteiger partial charge in [0, 0.05) is 5.69 Å². The van der Waals surface area contributed by atoms with Gasteiger partial charge < -0.3 is 21.9 Å². The molecule has 0 aliphatic rings. The molecule has 0 bridgehead atoms. The van der Waals surface area contributed by atoms with Crippen LogP contribution < -0.4 is 22.2 Å². The van der Waals surface area contributed by atoms with E-state index >= 15 is 0 Å². The second-order valence-electron chi connectivity index (χ2n) is 6.83. The number of hydrazone groups is 1. The van der Waals surface area contributed by atoms with Crippen molar-refractivity contribution in [3.8, 4) is 11.6 Å². The maximum Gasteiger partial charge on any atom is 0.293 e. The quantitative estimate of drug-likeness (QED) is 0.180. The molecule has 7 N–H and O–H groups in total. The maximum absolute atomic E-state index is 12.8. The van der Waals surface area contributed by atoms with E-state index in [1.54, 1.807) is 36.4 Å². The summed E-state index contributed by atoms with van der Waals surface area (Å²) in [6.07, 6.45) is 1.35. The number of aromatic hydroxyl groups is 1. The lowest BCUT2D eigenvalue weighted by Gasteiger charge is -2.11. The summed E-state index contributed by atoms with van der Waals surface area (Å²) < 4.78 is 5.80. The van der Waals surface area contributed by atoms with Crippen molar-refractivity contribution in [2.24, 2.45) is 10.8 Å². The number of carbonyl (C=O) groups excluding carboxylic acids is 2. The monoisotopic (exact) mass is 462 g/mol.